The molecule has 1 rings (SSSR count). The van der Waals surface area contributed by atoms with Gasteiger partial charge in [0, 0.05) is 6.54 Å². The standard InChI is InChI=1S/C6H8Cl5N3/c1-2-14-3-12-13-4(14)5(7,8)6(9,10)11/h12H,2-3H2,1H3. The van der Waals surface area contributed by atoms with Crippen molar-refractivity contribution in [1.29, 1.82) is 0 Å². The molecule has 0 fully saturated rings. The number of halogens is 5. The summed E-state index contributed by atoms with van der Waals surface area (Å²) in [4.78, 5) is 1.78. The minimum Gasteiger partial charge on any atom is -0.337 e. The number of hydrogen-bond donors (Lipinski definition) is 1. The molecule has 0 aromatic heterocycles. The molecular weight excluding hydrogens is 291 g/mol. The van der Waals surface area contributed by atoms with Crippen LogP contribution in [0.25, 0.3) is 0 Å². The van der Waals surface area contributed by atoms with Crippen LogP contribution in [-0.4, -0.2) is 32.1 Å². The zero-order chi connectivity index (χ0) is 11.0. The van der Waals surface area contributed by atoms with Crippen LogP contribution in [-0.2, 0) is 0 Å². The summed E-state index contributed by atoms with van der Waals surface area (Å²) in [6, 6.07) is 0. The SMILES string of the molecule is CCN1CNN=C1C(Cl)(Cl)C(Cl)(Cl)Cl. The summed E-state index contributed by atoms with van der Waals surface area (Å²) in [6.45, 7) is 3.10. The van der Waals surface area contributed by atoms with Crippen molar-refractivity contribution in [1.82, 2.24) is 10.3 Å². The minimum absolute atomic E-state index is 0.323. The van der Waals surface area contributed by atoms with Crippen molar-refractivity contribution in [3.05, 3.63) is 0 Å². The molecule has 0 radical (unpaired) electrons. The molecule has 1 heterocycles. The molecule has 1 N–H and O–H groups in total. The normalized spacial score (nSPS) is 18.1. The van der Waals surface area contributed by atoms with E-state index in [1.165, 1.54) is 0 Å². The van der Waals surface area contributed by atoms with Crippen LogP contribution in [0, 0.1) is 0 Å². The van der Waals surface area contributed by atoms with E-state index in [0.29, 0.717) is 19.0 Å². The monoisotopic (exact) mass is 297 g/mol. The van der Waals surface area contributed by atoms with Crippen molar-refractivity contribution in [3.8, 4) is 0 Å². The van der Waals surface area contributed by atoms with Crippen molar-refractivity contribution >= 4 is 63.8 Å². The van der Waals surface area contributed by atoms with Gasteiger partial charge in [0.05, 0.1) is 0 Å². The van der Waals surface area contributed by atoms with Crippen LogP contribution in [0.1, 0.15) is 6.92 Å². The average molecular weight is 299 g/mol. The maximum atomic E-state index is 5.95. The average Bonchev–Trinajstić information content (AvgIpc) is 2.49. The van der Waals surface area contributed by atoms with E-state index in [1.54, 1.807) is 4.90 Å². The number of rotatable bonds is 2. The Bertz CT molecular complexity index is 246. The van der Waals surface area contributed by atoms with Gasteiger partial charge in [0.25, 0.3) is 0 Å². The third kappa shape index (κ3) is 2.27. The molecule has 3 nitrogen and oxygen atoms in total. The first-order valence-corrected chi connectivity index (χ1v) is 5.70. The predicted molar refractivity (Wildman–Crippen MR) is 62.5 cm³/mol. The smallest absolute Gasteiger partial charge is 0.230 e. The molecular formula is C6H8Cl5N3. The fraction of sp³-hybridized carbons (Fsp3) is 0.833. The van der Waals surface area contributed by atoms with E-state index in [0.717, 1.165) is 0 Å². The molecule has 0 aromatic carbocycles. The molecule has 8 heteroatoms. The van der Waals surface area contributed by atoms with E-state index >= 15 is 0 Å². The van der Waals surface area contributed by atoms with E-state index in [2.05, 4.69) is 10.5 Å². The van der Waals surface area contributed by atoms with Crippen LogP contribution >= 0.6 is 58.0 Å². The predicted octanol–water partition coefficient (Wildman–Crippen LogP) is 2.73. The Hall–Kier alpha value is 0.720. The van der Waals surface area contributed by atoms with Gasteiger partial charge < -0.3 is 4.90 Å². The Kier molecular flexibility index (Phi) is 3.93. The number of hydrazone groups is 1. The molecule has 14 heavy (non-hydrogen) atoms. The van der Waals surface area contributed by atoms with Crippen LogP contribution < -0.4 is 5.43 Å². The van der Waals surface area contributed by atoms with Gasteiger partial charge in [-0.1, -0.05) is 58.0 Å². The molecule has 0 atom stereocenters. The van der Waals surface area contributed by atoms with E-state index in [-0.39, 0.29) is 0 Å². The van der Waals surface area contributed by atoms with Crippen molar-refractivity contribution in [2.75, 3.05) is 13.2 Å². The lowest BCUT2D eigenvalue weighted by Crippen LogP contribution is -2.47. The van der Waals surface area contributed by atoms with Crippen molar-refractivity contribution in [2.45, 2.75) is 15.0 Å². The van der Waals surface area contributed by atoms with Gasteiger partial charge in [-0.3, -0.25) is 5.43 Å². The molecule has 0 saturated heterocycles. The Morgan fingerprint density at radius 2 is 1.93 bits per heavy atom. The molecule has 1 aliphatic heterocycles. The van der Waals surface area contributed by atoms with Gasteiger partial charge in [0.15, 0.2) is 5.84 Å². The van der Waals surface area contributed by atoms with Gasteiger partial charge in [-0.05, 0) is 6.92 Å². The molecule has 82 valence electrons. The number of nitrogens with one attached hydrogen (secondary N) is 1. The second kappa shape index (κ2) is 4.30. The quantitative estimate of drug-likeness (QED) is 0.794. The Morgan fingerprint density at radius 1 is 1.36 bits per heavy atom. The van der Waals surface area contributed by atoms with Gasteiger partial charge in [0.2, 0.25) is 8.13 Å². The molecule has 1 aliphatic rings. The minimum atomic E-state index is -1.83. The van der Waals surface area contributed by atoms with Gasteiger partial charge in [0.1, 0.15) is 6.67 Å². The van der Waals surface area contributed by atoms with Crippen LogP contribution in [0.4, 0.5) is 0 Å². The first-order valence-electron chi connectivity index (χ1n) is 3.81. The lowest BCUT2D eigenvalue weighted by Gasteiger charge is -2.31. The lowest BCUT2D eigenvalue weighted by atomic mass is 10.3. The topological polar surface area (TPSA) is 27.6 Å². The molecule has 0 aliphatic carbocycles. The molecule has 0 aromatic rings. The van der Waals surface area contributed by atoms with Gasteiger partial charge >= 0.3 is 0 Å². The fourth-order valence-corrected chi connectivity index (χ4v) is 1.58. The van der Waals surface area contributed by atoms with E-state index in [9.17, 15) is 0 Å². The van der Waals surface area contributed by atoms with Crippen LogP contribution in [0.2, 0.25) is 0 Å². The highest BCUT2D eigenvalue weighted by atomic mass is 35.6. The summed E-state index contributed by atoms with van der Waals surface area (Å²) >= 11 is 28.9. The first kappa shape index (κ1) is 12.8. The zero-order valence-corrected chi connectivity index (χ0v) is 11.0. The fourth-order valence-electron chi connectivity index (χ4n) is 0.998. The molecule has 0 unspecified atom stereocenters. The molecule has 0 bridgehead atoms. The summed E-state index contributed by atoms with van der Waals surface area (Å²) in [5, 5.41) is 3.90. The third-order valence-electron chi connectivity index (χ3n) is 1.76. The second-order valence-electron chi connectivity index (χ2n) is 2.68. The number of nitrogens with zero attached hydrogens (tertiary/aromatic N) is 2. The first-order chi connectivity index (χ1) is 6.30. The van der Waals surface area contributed by atoms with E-state index in [1.807, 2.05) is 6.92 Å². The maximum absolute atomic E-state index is 5.95. The highest BCUT2D eigenvalue weighted by molar-refractivity contribution is 6.79. The summed E-state index contributed by atoms with van der Waals surface area (Å²) in [5.74, 6) is 0.323. The van der Waals surface area contributed by atoms with Gasteiger partial charge in [-0.15, -0.1) is 0 Å². The number of alkyl halides is 5. The van der Waals surface area contributed by atoms with Gasteiger partial charge in [-0.2, -0.15) is 5.10 Å². The zero-order valence-electron chi connectivity index (χ0n) is 7.20. The molecule has 0 amide bonds. The third-order valence-corrected chi connectivity index (χ3v) is 4.10. The highest BCUT2D eigenvalue weighted by Gasteiger charge is 2.53. The largest absolute Gasteiger partial charge is 0.337 e. The Balaban J connectivity index is 2.93. The van der Waals surface area contributed by atoms with Crippen LogP contribution in [0.5, 0.6) is 0 Å². The Labute approximate surface area is 107 Å². The molecule has 0 spiro atoms. The second-order valence-corrected chi connectivity index (χ2v) is 6.29. The molecule has 0 saturated carbocycles. The van der Waals surface area contributed by atoms with Crippen LogP contribution in [0.3, 0.4) is 0 Å². The van der Waals surface area contributed by atoms with E-state index < -0.39 is 8.13 Å². The van der Waals surface area contributed by atoms with Gasteiger partial charge in [-0.25, -0.2) is 0 Å². The summed E-state index contributed by atoms with van der Waals surface area (Å²) in [5.41, 5.74) is 2.72. The highest BCUT2D eigenvalue weighted by Crippen LogP contribution is 2.47. The van der Waals surface area contributed by atoms with Crippen molar-refractivity contribution in [3.63, 3.8) is 0 Å². The van der Waals surface area contributed by atoms with Crippen LogP contribution in [0.15, 0.2) is 5.10 Å². The summed E-state index contributed by atoms with van der Waals surface area (Å²) < 4.78 is -3.48. The van der Waals surface area contributed by atoms with E-state index in [4.69, 9.17) is 58.0 Å². The number of hydrogen-bond acceptors (Lipinski definition) is 3. The Morgan fingerprint density at radius 3 is 2.36 bits per heavy atom. The number of amidine groups is 1. The van der Waals surface area contributed by atoms with Crippen molar-refractivity contribution in [2.24, 2.45) is 5.10 Å². The summed E-state index contributed by atoms with van der Waals surface area (Å²) in [6.07, 6.45) is 0. The maximum Gasteiger partial charge on any atom is 0.230 e. The van der Waals surface area contributed by atoms with Crippen molar-refractivity contribution < 1.29 is 0 Å². The summed E-state index contributed by atoms with van der Waals surface area (Å²) in [7, 11) is 0. The lowest BCUT2D eigenvalue weighted by molar-refractivity contribution is 0.438.